The molecule has 0 saturated heterocycles. The van der Waals surface area contributed by atoms with Gasteiger partial charge in [-0.1, -0.05) is 6.92 Å². The summed E-state index contributed by atoms with van der Waals surface area (Å²) in [5, 5.41) is 12.9. The van der Waals surface area contributed by atoms with E-state index in [9.17, 15) is 18.7 Å². The van der Waals surface area contributed by atoms with Crippen molar-refractivity contribution in [3.8, 4) is 11.1 Å². The highest BCUT2D eigenvalue weighted by Crippen LogP contribution is 2.33. The average Bonchev–Trinajstić information content (AvgIpc) is 2.54. The Morgan fingerprint density at radius 1 is 1.12 bits per heavy atom. The number of nitrogens with one attached hydrogen (secondary N) is 1. The Kier molecular flexibility index (Phi) is 4.83. The highest BCUT2D eigenvalue weighted by Gasteiger charge is 2.23. The van der Waals surface area contributed by atoms with Gasteiger partial charge in [0, 0.05) is 23.2 Å². The van der Waals surface area contributed by atoms with Gasteiger partial charge in [0.2, 0.25) is 5.91 Å². The molecule has 25 heavy (non-hydrogen) atoms. The lowest BCUT2D eigenvalue weighted by atomic mass is 9.91. The van der Waals surface area contributed by atoms with Crippen LogP contribution in [0.1, 0.15) is 31.4 Å². The normalized spacial score (nSPS) is 23.9. The van der Waals surface area contributed by atoms with Gasteiger partial charge < -0.3 is 16.2 Å². The summed E-state index contributed by atoms with van der Waals surface area (Å²) in [6.45, 7) is 1.71. The van der Waals surface area contributed by atoms with E-state index in [1.165, 1.54) is 30.3 Å². The van der Waals surface area contributed by atoms with Crippen LogP contribution < -0.4 is 11.1 Å². The van der Waals surface area contributed by atoms with Crippen molar-refractivity contribution in [2.24, 2.45) is 11.7 Å². The van der Waals surface area contributed by atoms with Crippen LogP contribution in [-0.4, -0.2) is 17.1 Å². The van der Waals surface area contributed by atoms with Crippen LogP contribution >= 0.6 is 0 Å². The second-order valence-corrected chi connectivity index (χ2v) is 6.59. The van der Waals surface area contributed by atoms with E-state index in [1.54, 1.807) is 13.0 Å². The smallest absolute Gasteiger partial charge is 0.227 e. The lowest BCUT2D eigenvalue weighted by Crippen LogP contribution is -2.27. The first-order valence-electron chi connectivity index (χ1n) is 8.18. The monoisotopic (exact) mass is 346 g/mol. The number of nitrogens with two attached hydrogens (primary N) is 1. The molecule has 3 unspecified atom stereocenters. The summed E-state index contributed by atoms with van der Waals surface area (Å²) >= 11 is 0. The summed E-state index contributed by atoms with van der Waals surface area (Å²) in [5.41, 5.74) is 7.82. The molecule has 3 rings (SSSR count). The van der Waals surface area contributed by atoms with Crippen LogP contribution in [0.5, 0.6) is 0 Å². The van der Waals surface area contributed by atoms with Crippen LogP contribution in [0, 0.1) is 17.6 Å². The fourth-order valence-corrected chi connectivity index (χ4v) is 3.14. The van der Waals surface area contributed by atoms with E-state index in [-0.39, 0.29) is 18.7 Å². The van der Waals surface area contributed by atoms with E-state index >= 15 is 0 Å². The molecule has 2 bridgehead atoms. The van der Waals surface area contributed by atoms with Gasteiger partial charge in [0.15, 0.2) is 0 Å². The molecule has 1 amide bonds. The van der Waals surface area contributed by atoms with Gasteiger partial charge in [-0.3, -0.25) is 4.79 Å². The summed E-state index contributed by atoms with van der Waals surface area (Å²) in [7, 11) is 0. The highest BCUT2D eigenvalue weighted by molar-refractivity contribution is 5.96. The molecule has 0 aromatic heterocycles. The molecule has 0 saturated carbocycles. The van der Waals surface area contributed by atoms with Gasteiger partial charge in [-0.05, 0) is 60.4 Å². The molecule has 0 fully saturated rings. The molecule has 2 aromatic rings. The lowest BCUT2D eigenvalue weighted by molar-refractivity contribution is -0.120. The number of aliphatic hydroxyl groups excluding tert-OH is 1. The maximum Gasteiger partial charge on any atom is 0.227 e. The Morgan fingerprint density at radius 2 is 1.88 bits per heavy atom. The first kappa shape index (κ1) is 17.5. The lowest BCUT2D eigenvalue weighted by Gasteiger charge is -2.23. The highest BCUT2D eigenvalue weighted by atomic mass is 19.1. The van der Waals surface area contributed by atoms with Crippen molar-refractivity contribution in [3.63, 3.8) is 0 Å². The molecular weight excluding hydrogens is 326 g/mol. The Hall–Kier alpha value is -2.31. The van der Waals surface area contributed by atoms with Crippen molar-refractivity contribution in [1.82, 2.24) is 0 Å². The summed E-state index contributed by atoms with van der Waals surface area (Å²) in [6.07, 6.45) is -0.344. The molecule has 2 aromatic carbocycles. The quantitative estimate of drug-likeness (QED) is 0.685. The number of amides is 1. The minimum Gasteiger partial charge on any atom is -0.393 e. The Bertz CT molecular complexity index is 810. The standard InChI is InChI=1S/C19H20F2N2O2/c1-10-4-15(24)9-17(22)12-5-11(6-14(21)7-12)16-8-13(20)2-3-18(16)23-19(10)25/h2-3,5-8,10,15,17,24H,4,9,22H2,1H3,(H,23,25). The SMILES string of the molecule is CC1CC(O)CC(N)c2cc(F)cc(c2)-c2cc(F)ccc2NC1=O. The zero-order chi connectivity index (χ0) is 18.1. The predicted molar refractivity (Wildman–Crippen MR) is 91.8 cm³/mol. The number of hydrogen-bond acceptors (Lipinski definition) is 3. The van der Waals surface area contributed by atoms with Crippen molar-refractivity contribution in [2.45, 2.75) is 31.9 Å². The van der Waals surface area contributed by atoms with Crippen LogP contribution in [0.25, 0.3) is 11.1 Å². The van der Waals surface area contributed by atoms with Gasteiger partial charge in [-0.15, -0.1) is 0 Å². The van der Waals surface area contributed by atoms with Gasteiger partial charge in [-0.25, -0.2) is 8.78 Å². The number of hydrogen-bond donors (Lipinski definition) is 3. The van der Waals surface area contributed by atoms with E-state index in [2.05, 4.69) is 5.32 Å². The fraction of sp³-hybridized carbons (Fsp3) is 0.316. The van der Waals surface area contributed by atoms with E-state index in [0.717, 1.165) is 0 Å². The fourth-order valence-electron chi connectivity index (χ4n) is 3.14. The van der Waals surface area contributed by atoms with E-state index < -0.39 is 29.7 Å². The molecule has 6 heteroatoms. The number of fused-ring (bicyclic) bond motifs is 4. The van der Waals surface area contributed by atoms with Gasteiger partial charge in [-0.2, -0.15) is 0 Å². The molecule has 0 aliphatic carbocycles. The molecule has 4 N–H and O–H groups in total. The third-order valence-electron chi connectivity index (χ3n) is 4.50. The van der Waals surface area contributed by atoms with Crippen LogP contribution in [0.3, 0.4) is 0 Å². The average molecular weight is 346 g/mol. The number of carbonyl (C=O) groups excluding carboxylic acids is 1. The second-order valence-electron chi connectivity index (χ2n) is 6.59. The number of aliphatic hydroxyl groups is 1. The summed E-state index contributed by atoms with van der Waals surface area (Å²) < 4.78 is 27.8. The van der Waals surface area contributed by atoms with Crippen molar-refractivity contribution in [3.05, 3.63) is 53.6 Å². The predicted octanol–water partition coefficient (Wildman–Crippen LogP) is 3.36. The molecule has 0 radical (unpaired) electrons. The summed E-state index contributed by atoms with van der Waals surface area (Å²) in [4.78, 5) is 12.4. The number of rotatable bonds is 0. The van der Waals surface area contributed by atoms with Gasteiger partial charge in [0.25, 0.3) is 0 Å². The van der Waals surface area contributed by atoms with Gasteiger partial charge >= 0.3 is 0 Å². The summed E-state index contributed by atoms with van der Waals surface area (Å²) in [5.74, 6) is -1.74. The van der Waals surface area contributed by atoms with Crippen molar-refractivity contribution in [2.75, 3.05) is 5.32 Å². The van der Waals surface area contributed by atoms with Crippen LogP contribution in [-0.2, 0) is 4.79 Å². The Labute approximate surface area is 144 Å². The number of carbonyl (C=O) groups is 1. The topological polar surface area (TPSA) is 75.3 Å². The van der Waals surface area contributed by atoms with Crippen LogP contribution in [0.2, 0.25) is 0 Å². The summed E-state index contributed by atoms with van der Waals surface area (Å²) in [6, 6.07) is 7.59. The minimum absolute atomic E-state index is 0.205. The first-order valence-corrected chi connectivity index (χ1v) is 8.18. The van der Waals surface area contributed by atoms with Gasteiger partial charge in [0.05, 0.1) is 6.10 Å². The second kappa shape index (κ2) is 6.90. The van der Waals surface area contributed by atoms with E-state index in [4.69, 9.17) is 5.73 Å². The molecule has 1 aliphatic rings. The maximum atomic E-state index is 14.1. The molecule has 4 nitrogen and oxygen atoms in total. The third-order valence-corrected chi connectivity index (χ3v) is 4.50. The molecule has 132 valence electrons. The van der Waals surface area contributed by atoms with Crippen molar-refractivity contribution >= 4 is 11.6 Å². The van der Waals surface area contributed by atoms with E-state index in [1.807, 2.05) is 0 Å². The number of benzene rings is 2. The molecule has 3 atom stereocenters. The molecular formula is C19H20F2N2O2. The third kappa shape index (κ3) is 3.86. The van der Waals surface area contributed by atoms with E-state index in [0.29, 0.717) is 22.4 Å². The minimum atomic E-state index is -0.783. The number of halogens is 2. The molecule has 1 aliphatic heterocycles. The van der Waals surface area contributed by atoms with Gasteiger partial charge in [0.1, 0.15) is 11.6 Å². The molecule has 1 heterocycles. The largest absolute Gasteiger partial charge is 0.393 e. The number of anilines is 1. The van der Waals surface area contributed by atoms with Crippen molar-refractivity contribution in [1.29, 1.82) is 0 Å². The maximum absolute atomic E-state index is 14.1. The zero-order valence-corrected chi connectivity index (χ0v) is 13.8. The zero-order valence-electron chi connectivity index (χ0n) is 13.8. The van der Waals surface area contributed by atoms with Crippen LogP contribution in [0.15, 0.2) is 36.4 Å². The Balaban J connectivity index is 2.18. The Morgan fingerprint density at radius 3 is 2.64 bits per heavy atom. The first-order chi connectivity index (χ1) is 11.8. The van der Waals surface area contributed by atoms with Crippen molar-refractivity contribution < 1.29 is 18.7 Å². The molecule has 0 spiro atoms. The van der Waals surface area contributed by atoms with Crippen LogP contribution in [0.4, 0.5) is 14.5 Å².